The topological polar surface area (TPSA) is 57.9 Å². The van der Waals surface area contributed by atoms with Gasteiger partial charge in [0.05, 0.1) is 12.6 Å². The maximum Gasteiger partial charge on any atom is 0.323 e. The first-order valence-electron chi connectivity index (χ1n) is 4.08. The molecule has 2 N–H and O–H groups in total. The van der Waals surface area contributed by atoms with Crippen LogP contribution < -0.4 is 10.4 Å². The van der Waals surface area contributed by atoms with E-state index in [0.717, 1.165) is 0 Å². The van der Waals surface area contributed by atoms with Crippen molar-refractivity contribution in [1.82, 2.24) is 9.97 Å². The van der Waals surface area contributed by atoms with Gasteiger partial charge in [-0.1, -0.05) is 0 Å². The lowest BCUT2D eigenvalue weighted by Crippen LogP contribution is -1.99. The molecule has 0 saturated carbocycles. The molecule has 5 heteroatoms. The highest BCUT2D eigenvalue weighted by Gasteiger charge is 2.13. The summed E-state index contributed by atoms with van der Waals surface area (Å²) in [6.45, 7) is 1.71. The zero-order valence-electron chi connectivity index (χ0n) is 7.77. The van der Waals surface area contributed by atoms with Crippen LogP contribution in [0.25, 0.3) is 11.0 Å². The van der Waals surface area contributed by atoms with Crippen molar-refractivity contribution in [2.45, 2.75) is 6.92 Å². The second kappa shape index (κ2) is 2.87. The number of benzene rings is 1. The third-order valence-electron chi connectivity index (χ3n) is 2.10. The molecule has 0 aliphatic rings. The molecule has 74 valence electrons. The van der Waals surface area contributed by atoms with Crippen molar-refractivity contribution >= 4 is 11.0 Å². The van der Waals surface area contributed by atoms with Gasteiger partial charge in [-0.05, 0) is 18.6 Å². The van der Waals surface area contributed by atoms with Crippen molar-refractivity contribution in [1.29, 1.82) is 0 Å². The van der Waals surface area contributed by atoms with Crippen LogP contribution in [0.2, 0.25) is 0 Å². The highest BCUT2D eigenvalue weighted by molar-refractivity contribution is 5.78. The SMILES string of the molecule is COc1c(C)cc2[nH]c(=O)[nH]c2c1F. The Morgan fingerprint density at radius 3 is 2.79 bits per heavy atom. The van der Waals surface area contributed by atoms with Crippen molar-refractivity contribution < 1.29 is 9.13 Å². The van der Waals surface area contributed by atoms with Crippen LogP contribution in [0, 0.1) is 12.7 Å². The fraction of sp³-hybridized carbons (Fsp3) is 0.222. The number of H-pyrrole nitrogens is 2. The van der Waals surface area contributed by atoms with Crippen LogP contribution in [0.5, 0.6) is 5.75 Å². The molecule has 0 radical (unpaired) electrons. The van der Waals surface area contributed by atoms with Crippen molar-refractivity contribution in [2.75, 3.05) is 7.11 Å². The van der Waals surface area contributed by atoms with Crippen molar-refractivity contribution in [2.24, 2.45) is 0 Å². The van der Waals surface area contributed by atoms with Gasteiger partial charge < -0.3 is 14.7 Å². The summed E-state index contributed by atoms with van der Waals surface area (Å²) in [6, 6.07) is 1.66. The number of nitrogens with one attached hydrogen (secondary N) is 2. The predicted octanol–water partition coefficient (Wildman–Crippen LogP) is 1.31. The molecule has 14 heavy (non-hydrogen) atoms. The lowest BCUT2D eigenvalue weighted by atomic mass is 10.2. The smallest absolute Gasteiger partial charge is 0.323 e. The van der Waals surface area contributed by atoms with Gasteiger partial charge in [-0.3, -0.25) is 0 Å². The zero-order valence-corrected chi connectivity index (χ0v) is 7.77. The minimum atomic E-state index is -0.541. The number of aryl methyl sites for hydroxylation is 1. The normalized spacial score (nSPS) is 10.8. The summed E-state index contributed by atoms with van der Waals surface area (Å²) >= 11 is 0. The summed E-state index contributed by atoms with van der Waals surface area (Å²) in [5, 5.41) is 0. The van der Waals surface area contributed by atoms with Gasteiger partial charge in [0.15, 0.2) is 11.6 Å². The lowest BCUT2D eigenvalue weighted by Gasteiger charge is -2.05. The number of ether oxygens (including phenoxy) is 1. The molecule has 2 rings (SSSR count). The van der Waals surface area contributed by atoms with Gasteiger partial charge >= 0.3 is 5.69 Å². The Balaban J connectivity index is 2.91. The first-order chi connectivity index (χ1) is 6.63. The van der Waals surface area contributed by atoms with E-state index in [1.807, 2.05) is 0 Å². The predicted molar refractivity (Wildman–Crippen MR) is 50.2 cm³/mol. The summed E-state index contributed by atoms with van der Waals surface area (Å²) in [4.78, 5) is 15.8. The molecule has 0 bridgehead atoms. The Labute approximate surface area is 78.7 Å². The molecule has 1 heterocycles. The number of methoxy groups -OCH3 is 1. The minimum absolute atomic E-state index is 0.150. The molecule has 1 aromatic carbocycles. The standard InChI is InChI=1S/C9H9FN2O2/c1-4-3-5-7(12-9(13)11-5)6(10)8(4)14-2/h3H,1-2H3,(H2,11,12,13). The summed E-state index contributed by atoms with van der Waals surface area (Å²) in [5.74, 6) is -0.381. The van der Waals surface area contributed by atoms with E-state index in [-0.39, 0.29) is 11.3 Å². The molecular formula is C9H9FN2O2. The first kappa shape index (κ1) is 8.80. The van der Waals surface area contributed by atoms with Crippen LogP contribution in [0.15, 0.2) is 10.9 Å². The van der Waals surface area contributed by atoms with E-state index in [1.54, 1.807) is 13.0 Å². The number of aromatic amines is 2. The highest BCUT2D eigenvalue weighted by Crippen LogP contribution is 2.27. The monoisotopic (exact) mass is 196 g/mol. The maximum atomic E-state index is 13.6. The van der Waals surface area contributed by atoms with E-state index in [1.165, 1.54) is 7.11 Å². The molecule has 4 nitrogen and oxygen atoms in total. The van der Waals surface area contributed by atoms with E-state index >= 15 is 0 Å². The van der Waals surface area contributed by atoms with Gasteiger partial charge in [0.25, 0.3) is 0 Å². The van der Waals surface area contributed by atoms with E-state index in [2.05, 4.69) is 9.97 Å². The Hall–Kier alpha value is -1.78. The maximum absolute atomic E-state index is 13.6. The molecule has 0 saturated heterocycles. The van der Waals surface area contributed by atoms with Crippen LogP contribution in [-0.4, -0.2) is 17.1 Å². The van der Waals surface area contributed by atoms with E-state index in [0.29, 0.717) is 11.1 Å². The van der Waals surface area contributed by atoms with Crippen LogP contribution in [0.4, 0.5) is 4.39 Å². The molecule has 0 unspecified atom stereocenters. The Morgan fingerprint density at radius 1 is 1.43 bits per heavy atom. The summed E-state index contributed by atoms with van der Waals surface area (Å²) in [6.07, 6.45) is 0. The Bertz CT molecular complexity index is 541. The van der Waals surface area contributed by atoms with E-state index in [9.17, 15) is 9.18 Å². The highest BCUT2D eigenvalue weighted by atomic mass is 19.1. The number of aromatic nitrogens is 2. The van der Waals surface area contributed by atoms with Crippen LogP contribution in [-0.2, 0) is 0 Å². The summed E-state index contributed by atoms with van der Waals surface area (Å²) < 4.78 is 18.5. The van der Waals surface area contributed by atoms with Crippen molar-refractivity contribution in [3.63, 3.8) is 0 Å². The van der Waals surface area contributed by atoms with Gasteiger partial charge in [-0.15, -0.1) is 0 Å². The van der Waals surface area contributed by atoms with Crippen molar-refractivity contribution in [3.05, 3.63) is 27.9 Å². The quantitative estimate of drug-likeness (QED) is 0.722. The molecule has 2 aromatic rings. The van der Waals surface area contributed by atoms with Gasteiger partial charge in [0.2, 0.25) is 0 Å². The fourth-order valence-corrected chi connectivity index (χ4v) is 1.50. The van der Waals surface area contributed by atoms with Gasteiger partial charge in [0.1, 0.15) is 5.52 Å². The summed E-state index contributed by atoms with van der Waals surface area (Å²) in [7, 11) is 1.39. The van der Waals surface area contributed by atoms with Crippen molar-refractivity contribution in [3.8, 4) is 5.75 Å². The number of halogens is 1. The molecule has 0 atom stereocenters. The average Bonchev–Trinajstić information content (AvgIpc) is 2.47. The van der Waals surface area contributed by atoms with Crippen LogP contribution in [0.1, 0.15) is 5.56 Å². The first-order valence-corrected chi connectivity index (χ1v) is 4.08. The number of hydrogen-bond donors (Lipinski definition) is 2. The van der Waals surface area contributed by atoms with E-state index < -0.39 is 11.5 Å². The van der Waals surface area contributed by atoms with Gasteiger partial charge in [-0.25, -0.2) is 9.18 Å². The third-order valence-corrected chi connectivity index (χ3v) is 2.10. The molecule has 0 aliphatic heterocycles. The lowest BCUT2D eigenvalue weighted by molar-refractivity contribution is 0.385. The summed E-state index contributed by atoms with van der Waals surface area (Å²) in [5.41, 5.74) is 0.822. The second-order valence-electron chi connectivity index (χ2n) is 3.04. The molecular weight excluding hydrogens is 187 g/mol. The molecule has 0 spiro atoms. The van der Waals surface area contributed by atoms with Gasteiger partial charge in [0, 0.05) is 0 Å². The number of imidazole rings is 1. The Morgan fingerprint density at radius 2 is 2.14 bits per heavy atom. The number of hydrogen-bond acceptors (Lipinski definition) is 2. The number of fused-ring (bicyclic) bond motifs is 1. The molecule has 0 fully saturated rings. The fourth-order valence-electron chi connectivity index (χ4n) is 1.50. The zero-order chi connectivity index (χ0) is 10.3. The third kappa shape index (κ3) is 1.09. The molecule has 1 aromatic heterocycles. The van der Waals surface area contributed by atoms with E-state index in [4.69, 9.17) is 4.74 Å². The Kier molecular flexibility index (Phi) is 1.80. The average molecular weight is 196 g/mol. The molecule has 0 aliphatic carbocycles. The largest absolute Gasteiger partial charge is 0.493 e. The van der Waals surface area contributed by atoms with Crippen LogP contribution >= 0.6 is 0 Å². The second-order valence-corrected chi connectivity index (χ2v) is 3.04. The minimum Gasteiger partial charge on any atom is -0.493 e. The van der Waals surface area contributed by atoms with Gasteiger partial charge in [-0.2, -0.15) is 0 Å². The molecule has 0 amide bonds. The number of rotatable bonds is 1. The van der Waals surface area contributed by atoms with Crippen LogP contribution in [0.3, 0.4) is 0 Å².